The van der Waals surface area contributed by atoms with Crippen molar-refractivity contribution in [3.63, 3.8) is 0 Å². The Morgan fingerprint density at radius 3 is 2.30 bits per heavy atom. The summed E-state index contributed by atoms with van der Waals surface area (Å²) >= 11 is 0. The summed E-state index contributed by atoms with van der Waals surface area (Å²) in [5.41, 5.74) is 3.43. The molecule has 172 valence electrons. The average molecular weight is 484 g/mol. The van der Waals surface area contributed by atoms with Crippen molar-refractivity contribution < 1.29 is 16.8 Å². The van der Waals surface area contributed by atoms with E-state index in [1.54, 1.807) is 55.5 Å². The highest BCUT2D eigenvalue weighted by atomic mass is 32.2. The third-order valence-corrected chi connectivity index (χ3v) is 8.47. The van der Waals surface area contributed by atoms with Crippen LogP contribution in [-0.2, 0) is 20.0 Å². The standard InChI is InChI=1S/C24H25N3O4S2/c1-3-32(28,29)26-21-11-7-10-20(16-21)23-17-24(19-8-5-4-6-9-19)27(25-23)33(30,31)22-14-12-18(2)13-15-22/h4-16,24,26H,3,17H2,1-2H3. The fourth-order valence-electron chi connectivity index (χ4n) is 3.64. The minimum Gasteiger partial charge on any atom is -0.284 e. The van der Waals surface area contributed by atoms with Gasteiger partial charge in [0.1, 0.15) is 0 Å². The molecule has 0 saturated carbocycles. The predicted molar refractivity (Wildman–Crippen MR) is 130 cm³/mol. The zero-order chi connectivity index (χ0) is 23.6. The van der Waals surface area contributed by atoms with Crippen LogP contribution in [0.5, 0.6) is 0 Å². The Balaban J connectivity index is 1.75. The lowest BCUT2D eigenvalue weighted by Crippen LogP contribution is -2.27. The lowest BCUT2D eigenvalue weighted by molar-refractivity contribution is 0.371. The van der Waals surface area contributed by atoms with E-state index in [9.17, 15) is 16.8 Å². The Kier molecular flexibility index (Phi) is 6.27. The molecular formula is C24H25N3O4S2. The maximum atomic E-state index is 13.5. The van der Waals surface area contributed by atoms with Gasteiger partial charge in [-0.05, 0) is 49.2 Å². The number of nitrogens with one attached hydrogen (secondary N) is 1. The highest BCUT2D eigenvalue weighted by Gasteiger charge is 2.37. The summed E-state index contributed by atoms with van der Waals surface area (Å²) in [6, 6.07) is 22.4. The molecule has 0 aliphatic carbocycles. The minimum atomic E-state index is -3.90. The number of hydrogen-bond donors (Lipinski definition) is 1. The van der Waals surface area contributed by atoms with Crippen LogP contribution in [-0.4, -0.2) is 32.7 Å². The highest BCUT2D eigenvalue weighted by molar-refractivity contribution is 7.92. The van der Waals surface area contributed by atoms with E-state index in [0.717, 1.165) is 11.1 Å². The fraction of sp³-hybridized carbons (Fsp3) is 0.208. The second kappa shape index (κ2) is 8.99. The number of hydrogen-bond acceptors (Lipinski definition) is 5. The van der Waals surface area contributed by atoms with Gasteiger partial charge >= 0.3 is 0 Å². The number of hydrazone groups is 1. The van der Waals surface area contributed by atoms with Gasteiger partial charge in [-0.1, -0.05) is 60.2 Å². The third kappa shape index (κ3) is 4.94. The van der Waals surface area contributed by atoms with Crippen LogP contribution in [0.15, 0.2) is 88.9 Å². The molecule has 0 aromatic heterocycles. The van der Waals surface area contributed by atoms with Crippen molar-refractivity contribution in [3.8, 4) is 0 Å². The predicted octanol–water partition coefficient (Wildman–Crippen LogP) is 4.30. The molecule has 1 aliphatic heterocycles. The molecule has 4 rings (SSSR count). The Labute approximate surface area is 194 Å². The van der Waals surface area contributed by atoms with Crippen molar-refractivity contribution in [2.45, 2.75) is 31.2 Å². The molecule has 0 radical (unpaired) electrons. The van der Waals surface area contributed by atoms with Crippen LogP contribution in [0.25, 0.3) is 0 Å². The molecule has 33 heavy (non-hydrogen) atoms. The summed E-state index contributed by atoms with van der Waals surface area (Å²) in [7, 11) is -7.34. The maximum absolute atomic E-state index is 13.5. The topological polar surface area (TPSA) is 95.9 Å². The first-order valence-corrected chi connectivity index (χ1v) is 13.6. The first-order chi connectivity index (χ1) is 15.7. The molecule has 1 N–H and O–H groups in total. The second-order valence-electron chi connectivity index (χ2n) is 7.85. The molecule has 0 saturated heterocycles. The van der Waals surface area contributed by atoms with Gasteiger partial charge in [0, 0.05) is 12.1 Å². The summed E-state index contributed by atoms with van der Waals surface area (Å²) in [5, 5.41) is 4.53. The van der Waals surface area contributed by atoms with E-state index < -0.39 is 26.1 Å². The minimum absolute atomic E-state index is 0.0448. The first-order valence-electron chi connectivity index (χ1n) is 10.5. The molecular weight excluding hydrogens is 458 g/mol. The number of rotatable bonds is 7. The van der Waals surface area contributed by atoms with Crippen LogP contribution in [0, 0.1) is 6.92 Å². The number of anilines is 1. The van der Waals surface area contributed by atoms with Gasteiger partial charge in [0.15, 0.2) is 0 Å². The number of benzene rings is 3. The number of nitrogens with zero attached hydrogens (tertiary/aromatic N) is 2. The normalized spacial score (nSPS) is 16.5. The van der Waals surface area contributed by atoms with Crippen LogP contribution in [0.2, 0.25) is 0 Å². The molecule has 0 spiro atoms. The Hall–Kier alpha value is -3.17. The summed E-state index contributed by atoms with van der Waals surface area (Å²) < 4.78 is 54.7. The summed E-state index contributed by atoms with van der Waals surface area (Å²) in [6.45, 7) is 3.46. The summed E-state index contributed by atoms with van der Waals surface area (Å²) in [6.07, 6.45) is 0.360. The lowest BCUT2D eigenvalue weighted by Gasteiger charge is -2.23. The summed E-state index contributed by atoms with van der Waals surface area (Å²) in [5.74, 6) is -0.0448. The van der Waals surface area contributed by atoms with E-state index in [4.69, 9.17) is 0 Å². The largest absolute Gasteiger partial charge is 0.284 e. The fourth-order valence-corrected chi connectivity index (χ4v) is 5.70. The van der Waals surface area contributed by atoms with Crippen LogP contribution < -0.4 is 4.72 Å². The van der Waals surface area contributed by atoms with Crippen LogP contribution >= 0.6 is 0 Å². The smallest absolute Gasteiger partial charge is 0.279 e. The molecule has 1 unspecified atom stereocenters. The van der Waals surface area contributed by atoms with Crippen molar-refractivity contribution in [2.75, 3.05) is 10.5 Å². The Morgan fingerprint density at radius 2 is 1.64 bits per heavy atom. The molecule has 0 amide bonds. The molecule has 0 fully saturated rings. The zero-order valence-corrected chi connectivity index (χ0v) is 20.0. The third-order valence-electron chi connectivity index (χ3n) is 5.47. The van der Waals surface area contributed by atoms with Crippen molar-refractivity contribution in [3.05, 3.63) is 95.6 Å². The van der Waals surface area contributed by atoms with Crippen molar-refractivity contribution >= 4 is 31.4 Å². The molecule has 3 aromatic rings. The second-order valence-corrected chi connectivity index (χ2v) is 11.7. The number of sulfonamides is 2. The van der Waals surface area contributed by atoms with E-state index in [2.05, 4.69) is 9.82 Å². The van der Waals surface area contributed by atoms with E-state index in [0.29, 0.717) is 23.4 Å². The summed E-state index contributed by atoms with van der Waals surface area (Å²) in [4.78, 5) is 0.170. The van der Waals surface area contributed by atoms with Crippen molar-refractivity contribution in [1.29, 1.82) is 0 Å². The quantitative estimate of drug-likeness (QED) is 0.542. The van der Waals surface area contributed by atoms with E-state index in [1.165, 1.54) is 4.41 Å². The van der Waals surface area contributed by atoms with Crippen molar-refractivity contribution in [2.24, 2.45) is 5.10 Å². The van der Waals surface area contributed by atoms with Gasteiger partial charge in [0.25, 0.3) is 10.0 Å². The van der Waals surface area contributed by atoms with Gasteiger partial charge in [-0.25, -0.2) is 8.42 Å². The molecule has 1 atom stereocenters. The van der Waals surface area contributed by atoms with Crippen LogP contribution in [0.4, 0.5) is 5.69 Å². The van der Waals surface area contributed by atoms with Gasteiger partial charge in [0.2, 0.25) is 10.0 Å². The average Bonchev–Trinajstić information content (AvgIpc) is 3.26. The molecule has 3 aromatic carbocycles. The van der Waals surface area contributed by atoms with E-state index in [1.807, 2.05) is 37.3 Å². The first kappa shape index (κ1) is 23.0. The van der Waals surface area contributed by atoms with Gasteiger partial charge < -0.3 is 0 Å². The monoisotopic (exact) mass is 483 g/mol. The van der Waals surface area contributed by atoms with Gasteiger partial charge in [-0.15, -0.1) is 0 Å². The highest BCUT2D eigenvalue weighted by Crippen LogP contribution is 2.37. The molecule has 7 nitrogen and oxygen atoms in total. The van der Waals surface area contributed by atoms with Crippen LogP contribution in [0.1, 0.15) is 36.1 Å². The Morgan fingerprint density at radius 1 is 0.939 bits per heavy atom. The van der Waals surface area contributed by atoms with Crippen molar-refractivity contribution in [1.82, 2.24) is 4.41 Å². The Bertz CT molecular complexity index is 1390. The maximum Gasteiger partial charge on any atom is 0.279 e. The van der Waals surface area contributed by atoms with E-state index >= 15 is 0 Å². The molecule has 1 aliphatic rings. The van der Waals surface area contributed by atoms with Gasteiger partial charge in [-0.2, -0.15) is 17.9 Å². The van der Waals surface area contributed by atoms with E-state index in [-0.39, 0.29) is 10.6 Å². The molecule has 1 heterocycles. The van der Waals surface area contributed by atoms with Crippen LogP contribution in [0.3, 0.4) is 0 Å². The number of aryl methyl sites for hydroxylation is 1. The SMILES string of the molecule is CCS(=O)(=O)Nc1cccc(C2=NN(S(=O)(=O)c3ccc(C)cc3)C(c3ccccc3)C2)c1. The lowest BCUT2D eigenvalue weighted by atomic mass is 9.99. The van der Waals surface area contributed by atoms with Gasteiger partial charge in [0.05, 0.1) is 22.4 Å². The van der Waals surface area contributed by atoms with Gasteiger partial charge in [-0.3, -0.25) is 4.72 Å². The molecule has 9 heteroatoms. The molecule has 0 bridgehead atoms. The zero-order valence-electron chi connectivity index (χ0n) is 18.3.